The summed E-state index contributed by atoms with van der Waals surface area (Å²) in [4.78, 5) is 23.9. The minimum Gasteiger partial charge on any atom is -0.444 e. The molecule has 150 valence electrons. The lowest BCUT2D eigenvalue weighted by Gasteiger charge is -2.34. The zero-order valence-corrected chi connectivity index (χ0v) is 16.4. The first-order valence-corrected chi connectivity index (χ1v) is 9.61. The standard InChI is InChI=1S/C22H16ClN3O4/c23-17-7-2-1-6-15(17)13-9-18(27)21-19(10-13)30-22(25)16(11-24)20(21)12-4-3-5-14(8-12)26(28)29/h1-8,13,20H,9-10,25H2/t13-,20-/m0/s1. The highest BCUT2D eigenvalue weighted by atomic mass is 35.5. The van der Waals surface area contributed by atoms with Crippen molar-refractivity contribution in [3.8, 4) is 6.07 Å². The SMILES string of the molecule is N#CC1=C(N)OC2=C(C(=O)C[C@H](c3ccccc3Cl)C2)[C@H]1c1cccc([N+](=O)[O-])c1. The second-order valence-corrected chi connectivity index (χ2v) is 7.57. The fourth-order valence-corrected chi connectivity index (χ4v) is 4.38. The number of nitro benzene ring substituents is 1. The monoisotopic (exact) mass is 421 g/mol. The van der Waals surface area contributed by atoms with Crippen molar-refractivity contribution in [1.82, 2.24) is 0 Å². The van der Waals surface area contributed by atoms with Crippen molar-refractivity contribution in [2.45, 2.75) is 24.7 Å². The predicted molar refractivity (Wildman–Crippen MR) is 109 cm³/mol. The molecule has 7 nitrogen and oxygen atoms in total. The van der Waals surface area contributed by atoms with Gasteiger partial charge in [-0.05, 0) is 23.1 Å². The number of nitrogens with two attached hydrogens (primary N) is 1. The van der Waals surface area contributed by atoms with Crippen LogP contribution in [0.1, 0.15) is 35.8 Å². The number of carbonyl (C=O) groups excluding carboxylic acids is 1. The maximum Gasteiger partial charge on any atom is 0.269 e. The zero-order valence-electron chi connectivity index (χ0n) is 15.7. The number of nitrogens with zero attached hydrogens (tertiary/aromatic N) is 2. The largest absolute Gasteiger partial charge is 0.444 e. The van der Waals surface area contributed by atoms with Gasteiger partial charge in [-0.2, -0.15) is 5.26 Å². The van der Waals surface area contributed by atoms with Gasteiger partial charge in [0.25, 0.3) is 5.69 Å². The van der Waals surface area contributed by atoms with Crippen molar-refractivity contribution in [3.63, 3.8) is 0 Å². The molecule has 0 bridgehead atoms. The molecule has 2 atom stereocenters. The number of benzene rings is 2. The van der Waals surface area contributed by atoms with E-state index in [1.807, 2.05) is 24.3 Å². The number of hydrogen-bond donors (Lipinski definition) is 1. The summed E-state index contributed by atoms with van der Waals surface area (Å²) in [7, 11) is 0. The zero-order chi connectivity index (χ0) is 21.4. The van der Waals surface area contributed by atoms with Gasteiger partial charge in [0.15, 0.2) is 5.78 Å². The van der Waals surface area contributed by atoms with Crippen molar-refractivity contribution in [3.05, 3.63) is 97.6 Å². The van der Waals surface area contributed by atoms with Gasteiger partial charge in [0, 0.05) is 35.6 Å². The van der Waals surface area contributed by atoms with E-state index in [1.165, 1.54) is 18.2 Å². The van der Waals surface area contributed by atoms with Gasteiger partial charge in [-0.25, -0.2) is 0 Å². The van der Waals surface area contributed by atoms with E-state index in [-0.39, 0.29) is 35.3 Å². The summed E-state index contributed by atoms with van der Waals surface area (Å²) in [6.07, 6.45) is 0.575. The van der Waals surface area contributed by atoms with E-state index < -0.39 is 10.8 Å². The van der Waals surface area contributed by atoms with Crippen LogP contribution in [-0.2, 0) is 9.53 Å². The lowest BCUT2D eigenvalue weighted by molar-refractivity contribution is -0.384. The summed E-state index contributed by atoms with van der Waals surface area (Å²) in [6.45, 7) is 0. The number of carbonyl (C=O) groups is 1. The van der Waals surface area contributed by atoms with Crippen LogP contribution in [0.3, 0.4) is 0 Å². The molecule has 2 aromatic carbocycles. The number of Topliss-reactive ketones (excluding diaryl/α,β-unsaturated/α-hetero) is 1. The first-order chi connectivity index (χ1) is 14.4. The van der Waals surface area contributed by atoms with Gasteiger partial charge in [-0.1, -0.05) is 41.9 Å². The molecule has 0 fully saturated rings. The Morgan fingerprint density at radius 1 is 1.20 bits per heavy atom. The second kappa shape index (κ2) is 7.65. The fourth-order valence-electron chi connectivity index (χ4n) is 4.09. The third kappa shape index (κ3) is 3.31. The molecule has 0 saturated carbocycles. The first-order valence-electron chi connectivity index (χ1n) is 9.23. The van der Waals surface area contributed by atoms with Gasteiger partial charge >= 0.3 is 0 Å². The van der Waals surface area contributed by atoms with Crippen LogP contribution in [-0.4, -0.2) is 10.7 Å². The van der Waals surface area contributed by atoms with Crippen LogP contribution >= 0.6 is 11.6 Å². The van der Waals surface area contributed by atoms with Crippen LogP contribution in [0.25, 0.3) is 0 Å². The Hall–Kier alpha value is -3.63. The van der Waals surface area contributed by atoms with Crippen molar-refractivity contribution in [2.75, 3.05) is 0 Å². The van der Waals surface area contributed by atoms with E-state index in [0.29, 0.717) is 28.3 Å². The number of allylic oxidation sites excluding steroid dienone is 3. The second-order valence-electron chi connectivity index (χ2n) is 7.16. The molecule has 0 radical (unpaired) electrons. The molecule has 0 aromatic heterocycles. The van der Waals surface area contributed by atoms with Gasteiger partial charge in [0.05, 0.1) is 10.8 Å². The van der Waals surface area contributed by atoms with Crippen LogP contribution in [0.4, 0.5) is 5.69 Å². The topological polar surface area (TPSA) is 119 Å². The normalized spacial score (nSPS) is 21.0. The van der Waals surface area contributed by atoms with Gasteiger partial charge in [0.1, 0.15) is 17.4 Å². The Kier molecular flexibility index (Phi) is 5.02. The van der Waals surface area contributed by atoms with Crippen LogP contribution in [0.15, 0.2) is 71.3 Å². The number of hydrogen-bond acceptors (Lipinski definition) is 6. The number of nitriles is 1. The van der Waals surface area contributed by atoms with Crippen molar-refractivity contribution < 1.29 is 14.5 Å². The maximum absolute atomic E-state index is 13.2. The number of ketones is 1. The minimum absolute atomic E-state index is 0.0683. The Balaban J connectivity index is 1.82. The fraction of sp³-hybridized carbons (Fsp3) is 0.182. The smallest absolute Gasteiger partial charge is 0.269 e. The van der Waals surface area contributed by atoms with E-state index in [2.05, 4.69) is 0 Å². The molecule has 1 heterocycles. The number of halogens is 1. The molecule has 0 spiro atoms. The number of ether oxygens (including phenoxy) is 1. The summed E-state index contributed by atoms with van der Waals surface area (Å²) in [5.41, 5.74) is 7.56. The average Bonchev–Trinajstić information content (AvgIpc) is 2.73. The highest BCUT2D eigenvalue weighted by molar-refractivity contribution is 6.31. The number of nitro groups is 1. The van der Waals surface area contributed by atoms with Crippen LogP contribution in [0.2, 0.25) is 5.02 Å². The molecule has 1 aliphatic carbocycles. The molecule has 8 heteroatoms. The van der Waals surface area contributed by atoms with Crippen LogP contribution < -0.4 is 5.73 Å². The molecule has 1 aliphatic heterocycles. The van der Waals surface area contributed by atoms with Gasteiger partial charge < -0.3 is 10.5 Å². The quantitative estimate of drug-likeness (QED) is 0.577. The number of rotatable bonds is 3. The molecule has 30 heavy (non-hydrogen) atoms. The Morgan fingerprint density at radius 3 is 2.67 bits per heavy atom. The predicted octanol–water partition coefficient (Wildman–Crippen LogP) is 4.46. The van der Waals surface area contributed by atoms with Crippen molar-refractivity contribution in [2.24, 2.45) is 5.73 Å². The molecule has 0 saturated heterocycles. The van der Waals surface area contributed by atoms with Crippen LogP contribution in [0.5, 0.6) is 0 Å². The third-order valence-electron chi connectivity index (χ3n) is 5.42. The lowest BCUT2D eigenvalue weighted by atomic mass is 9.73. The summed E-state index contributed by atoms with van der Waals surface area (Å²) < 4.78 is 5.70. The summed E-state index contributed by atoms with van der Waals surface area (Å²) in [6, 6.07) is 15.2. The molecular weight excluding hydrogens is 406 g/mol. The lowest BCUT2D eigenvalue weighted by Crippen LogP contribution is -2.30. The van der Waals surface area contributed by atoms with Crippen LogP contribution in [0, 0.1) is 21.4 Å². The molecule has 0 amide bonds. The Labute approximate surface area is 177 Å². The molecule has 4 rings (SSSR count). The average molecular weight is 422 g/mol. The Bertz CT molecular complexity index is 1180. The third-order valence-corrected chi connectivity index (χ3v) is 5.76. The molecule has 0 unspecified atom stereocenters. The van der Waals surface area contributed by atoms with E-state index in [1.54, 1.807) is 12.1 Å². The van der Waals surface area contributed by atoms with Gasteiger partial charge in [-0.15, -0.1) is 0 Å². The van der Waals surface area contributed by atoms with E-state index >= 15 is 0 Å². The highest BCUT2D eigenvalue weighted by Crippen LogP contribution is 2.47. The molecule has 2 N–H and O–H groups in total. The summed E-state index contributed by atoms with van der Waals surface area (Å²) >= 11 is 6.32. The van der Waals surface area contributed by atoms with E-state index in [9.17, 15) is 20.2 Å². The van der Waals surface area contributed by atoms with Gasteiger partial charge in [-0.3, -0.25) is 14.9 Å². The molecule has 2 aromatic rings. The molecular formula is C22H16ClN3O4. The van der Waals surface area contributed by atoms with E-state index in [0.717, 1.165) is 5.56 Å². The Morgan fingerprint density at radius 2 is 1.97 bits per heavy atom. The maximum atomic E-state index is 13.2. The first kappa shape index (κ1) is 19.7. The van der Waals surface area contributed by atoms with Gasteiger partial charge in [0.2, 0.25) is 5.88 Å². The summed E-state index contributed by atoms with van der Waals surface area (Å²) in [5.74, 6) is -0.909. The highest BCUT2D eigenvalue weighted by Gasteiger charge is 2.41. The summed E-state index contributed by atoms with van der Waals surface area (Å²) in [5, 5.41) is 21.4. The minimum atomic E-state index is -0.807. The van der Waals surface area contributed by atoms with E-state index in [4.69, 9.17) is 22.1 Å². The van der Waals surface area contributed by atoms with Crippen molar-refractivity contribution >= 4 is 23.1 Å². The number of non-ortho nitro benzene ring substituents is 1. The molecule has 2 aliphatic rings. The van der Waals surface area contributed by atoms with Crippen molar-refractivity contribution in [1.29, 1.82) is 5.26 Å².